The second-order valence-corrected chi connectivity index (χ2v) is 3.72. The van der Waals surface area contributed by atoms with Crippen LogP contribution in [-0.4, -0.2) is 20.0 Å². The topological polar surface area (TPSA) is 69.6 Å². The summed E-state index contributed by atoms with van der Waals surface area (Å²) >= 11 is 3.32. The fraction of sp³-hybridized carbons (Fsp3) is 0.125. The van der Waals surface area contributed by atoms with E-state index in [0.717, 1.165) is 10.2 Å². The van der Waals surface area contributed by atoms with Gasteiger partial charge in [0.1, 0.15) is 0 Å². The lowest BCUT2D eigenvalue weighted by molar-refractivity contribution is 0.638. The van der Waals surface area contributed by atoms with Crippen LogP contribution in [-0.2, 0) is 6.54 Å². The van der Waals surface area contributed by atoms with Gasteiger partial charge in [0.25, 0.3) is 0 Å². The summed E-state index contributed by atoms with van der Waals surface area (Å²) in [5.41, 5.74) is 6.35. The zero-order valence-electron chi connectivity index (χ0n) is 7.26. The highest BCUT2D eigenvalue weighted by Gasteiger charge is 1.98. The van der Waals surface area contributed by atoms with Gasteiger partial charge in [0.2, 0.25) is 0 Å². The van der Waals surface area contributed by atoms with Crippen molar-refractivity contribution in [3.8, 4) is 0 Å². The van der Waals surface area contributed by atoms with E-state index in [1.54, 1.807) is 17.1 Å². The molecule has 0 saturated heterocycles. The van der Waals surface area contributed by atoms with Gasteiger partial charge in [-0.1, -0.05) is 5.21 Å². The lowest BCUT2D eigenvalue weighted by atomic mass is 10.3. The van der Waals surface area contributed by atoms with Crippen molar-refractivity contribution in [3.05, 3.63) is 34.7 Å². The van der Waals surface area contributed by atoms with E-state index in [1.807, 2.05) is 12.1 Å². The molecule has 0 aliphatic rings. The molecule has 0 aromatic carbocycles. The molecule has 2 heterocycles. The van der Waals surface area contributed by atoms with E-state index in [1.165, 1.54) is 0 Å². The molecule has 2 N–H and O–H groups in total. The molecule has 0 unspecified atom stereocenters. The number of anilines is 1. The largest absolute Gasteiger partial charge is 0.381 e. The number of nitrogens with zero attached hydrogens (tertiary/aromatic N) is 4. The first-order chi connectivity index (χ1) is 6.74. The molecule has 0 fully saturated rings. The minimum absolute atomic E-state index is 0.419. The van der Waals surface area contributed by atoms with E-state index in [2.05, 4.69) is 31.2 Å². The summed E-state index contributed by atoms with van der Waals surface area (Å²) < 4.78 is 2.60. The highest BCUT2D eigenvalue weighted by molar-refractivity contribution is 9.10. The van der Waals surface area contributed by atoms with Crippen LogP contribution in [0.3, 0.4) is 0 Å². The molecule has 0 atom stereocenters. The second kappa shape index (κ2) is 3.75. The normalized spacial score (nSPS) is 10.4. The summed E-state index contributed by atoms with van der Waals surface area (Å²) in [4.78, 5) is 4.21. The molecular weight excluding hydrogens is 246 g/mol. The van der Waals surface area contributed by atoms with Crippen LogP contribution in [0.25, 0.3) is 0 Å². The Morgan fingerprint density at radius 3 is 2.86 bits per heavy atom. The van der Waals surface area contributed by atoms with Crippen molar-refractivity contribution in [1.82, 2.24) is 20.0 Å². The standard InChI is InChI=1S/C8H8BrN5/c9-6-1-2-7(11-3-6)4-14-5-8(10)12-13-14/h1-3,5H,4,10H2. The molecule has 0 saturated carbocycles. The summed E-state index contributed by atoms with van der Waals surface area (Å²) in [7, 11) is 0. The van der Waals surface area contributed by atoms with Crippen LogP contribution in [0.15, 0.2) is 29.0 Å². The van der Waals surface area contributed by atoms with Crippen molar-refractivity contribution < 1.29 is 0 Å². The quantitative estimate of drug-likeness (QED) is 0.870. The number of pyridine rings is 1. The maximum atomic E-state index is 5.43. The van der Waals surface area contributed by atoms with Gasteiger partial charge in [-0.05, 0) is 28.1 Å². The van der Waals surface area contributed by atoms with Crippen molar-refractivity contribution in [2.24, 2.45) is 0 Å². The highest BCUT2D eigenvalue weighted by Crippen LogP contribution is 2.08. The van der Waals surface area contributed by atoms with Gasteiger partial charge in [-0.2, -0.15) is 0 Å². The van der Waals surface area contributed by atoms with Crippen LogP contribution in [0, 0.1) is 0 Å². The van der Waals surface area contributed by atoms with Crippen molar-refractivity contribution >= 4 is 21.7 Å². The smallest absolute Gasteiger partial charge is 0.165 e. The van der Waals surface area contributed by atoms with E-state index in [4.69, 9.17) is 5.73 Å². The average Bonchev–Trinajstić information content (AvgIpc) is 2.56. The van der Waals surface area contributed by atoms with Gasteiger partial charge in [-0.25, -0.2) is 4.68 Å². The van der Waals surface area contributed by atoms with Gasteiger partial charge >= 0.3 is 0 Å². The molecule has 0 aliphatic carbocycles. The molecule has 5 nitrogen and oxygen atoms in total. The van der Waals surface area contributed by atoms with Gasteiger partial charge in [0, 0.05) is 10.7 Å². The Morgan fingerprint density at radius 1 is 1.43 bits per heavy atom. The van der Waals surface area contributed by atoms with Crippen molar-refractivity contribution in [1.29, 1.82) is 0 Å². The predicted octanol–water partition coefficient (Wildman–Crippen LogP) is 1.07. The first kappa shape index (κ1) is 9.14. The van der Waals surface area contributed by atoms with E-state index >= 15 is 0 Å². The lowest BCUT2D eigenvalue weighted by Crippen LogP contribution is -2.02. The Bertz CT molecular complexity index is 422. The van der Waals surface area contributed by atoms with E-state index in [0.29, 0.717) is 12.4 Å². The van der Waals surface area contributed by atoms with Crippen LogP contribution in [0.1, 0.15) is 5.69 Å². The summed E-state index contributed by atoms with van der Waals surface area (Å²) in [6.45, 7) is 0.581. The number of halogens is 1. The number of hydrogen-bond donors (Lipinski definition) is 1. The zero-order chi connectivity index (χ0) is 9.97. The van der Waals surface area contributed by atoms with E-state index in [9.17, 15) is 0 Å². The summed E-state index contributed by atoms with van der Waals surface area (Å²) in [5.74, 6) is 0.419. The Morgan fingerprint density at radius 2 is 2.29 bits per heavy atom. The summed E-state index contributed by atoms with van der Waals surface area (Å²) in [5, 5.41) is 7.51. The molecule has 2 rings (SSSR count). The molecule has 0 bridgehead atoms. The number of aromatic nitrogens is 4. The lowest BCUT2D eigenvalue weighted by Gasteiger charge is -1.99. The monoisotopic (exact) mass is 253 g/mol. The molecular formula is C8H8BrN5. The number of nitrogen functional groups attached to an aromatic ring is 1. The van der Waals surface area contributed by atoms with Crippen molar-refractivity contribution in [2.45, 2.75) is 6.54 Å². The van der Waals surface area contributed by atoms with Crippen molar-refractivity contribution in [3.63, 3.8) is 0 Å². The summed E-state index contributed by atoms with van der Waals surface area (Å²) in [6.07, 6.45) is 3.42. The fourth-order valence-electron chi connectivity index (χ4n) is 1.06. The molecule has 2 aromatic rings. The molecule has 0 radical (unpaired) electrons. The van der Waals surface area contributed by atoms with Crippen LogP contribution < -0.4 is 5.73 Å². The first-order valence-corrected chi connectivity index (χ1v) is 4.79. The van der Waals surface area contributed by atoms with Gasteiger partial charge in [0.15, 0.2) is 5.82 Å². The Hall–Kier alpha value is -1.43. The van der Waals surface area contributed by atoms with E-state index < -0.39 is 0 Å². The van der Waals surface area contributed by atoms with Gasteiger partial charge < -0.3 is 5.73 Å². The van der Waals surface area contributed by atoms with Gasteiger partial charge in [-0.15, -0.1) is 5.10 Å². The molecule has 72 valence electrons. The maximum absolute atomic E-state index is 5.43. The van der Waals surface area contributed by atoms with Crippen LogP contribution >= 0.6 is 15.9 Å². The number of rotatable bonds is 2. The first-order valence-electron chi connectivity index (χ1n) is 4.00. The average molecular weight is 254 g/mol. The highest BCUT2D eigenvalue weighted by atomic mass is 79.9. The minimum Gasteiger partial charge on any atom is -0.381 e. The molecule has 0 spiro atoms. The summed E-state index contributed by atoms with van der Waals surface area (Å²) in [6, 6.07) is 3.85. The molecule has 0 amide bonds. The molecule has 2 aromatic heterocycles. The Kier molecular flexibility index (Phi) is 2.45. The third-order valence-electron chi connectivity index (χ3n) is 1.67. The molecule has 14 heavy (non-hydrogen) atoms. The van der Waals surface area contributed by atoms with Crippen molar-refractivity contribution in [2.75, 3.05) is 5.73 Å². The number of nitrogens with two attached hydrogens (primary N) is 1. The van der Waals surface area contributed by atoms with Crippen LogP contribution in [0.4, 0.5) is 5.82 Å². The van der Waals surface area contributed by atoms with Gasteiger partial charge in [-0.3, -0.25) is 4.98 Å². The predicted molar refractivity (Wildman–Crippen MR) is 55.5 cm³/mol. The second-order valence-electron chi connectivity index (χ2n) is 2.81. The third kappa shape index (κ3) is 2.08. The Balaban J connectivity index is 2.15. The SMILES string of the molecule is Nc1cn(Cc2ccc(Br)cn2)nn1. The minimum atomic E-state index is 0.419. The van der Waals surface area contributed by atoms with Crippen LogP contribution in [0.5, 0.6) is 0 Å². The van der Waals surface area contributed by atoms with Crippen LogP contribution in [0.2, 0.25) is 0 Å². The molecule has 6 heteroatoms. The molecule has 0 aliphatic heterocycles. The maximum Gasteiger partial charge on any atom is 0.165 e. The Labute approximate surface area is 89.1 Å². The third-order valence-corrected chi connectivity index (χ3v) is 2.14. The van der Waals surface area contributed by atoms with E-state index in [-0.39, 0.29) is 0 Å². The fourth-order valence-corrected chi connectivity index (χ4v) is 1.29. The van der Waals surface area contributed by atoms with Gasteiger partial charge in [0.05, 0.1) is 18.4 Å². The number of hydrogen-bond acceptors (Lipinski definition) is 4. The zero-order valence-corrected chi connectivity index (χ0v) is 8.85.